The van der Waals surface area contributed by atoms with Crippen LogP contribution in [0, 0.1) is 0 Å². The summed E-state index contributed by atoms with van der Waals surface area (Å²) in [5.41, 5.74) is -0.612. The van der Waals surface area contributed by atoms with E-state index in [2.05, 4.69) is 0 Å². The lowest BCUT2D eigenvalue weighted by Crippen LogP contribution is -2.06. The lowest BCUT2D eigenvalue weighted by atomic mass is 10.1. The predicted octanol–water partition coefficient (Wildman–Crippen LogP) is 3.31. The minimum absolute atomic E-state index is 0.0758. The highest BCUT2D eigenvalue weighted by atomic mass is 19.4. The monoisotopic (exact) mass is 214 g/mol. The summed E-state index contributed by atoms with van der Waals surface area (Å²) in [4.78, 5) is 10.0. The Morgan fingerprint density at radius 2 is 1.87 bits per heavy atom. The fourth-order valence-electron chi connectivity index (χ4n) is 1.15. The molecule has 0 N–H and O–H groups in total. The van der Waals surface area contributed by atoms with Gasteiger partial charge in [0.15, 0.2) is 0 Å². The molecule has 1 rings (SSSR count). The predicted molar refractivity (Wildman–Crippen MR) is 51.2 cm³/mol. The molecular formula is C11H9F3O. The lowest BCUT2D eigenvalue weighted by Gasteiger charge is -2.09. The van der Waals surface area contributed by atoms with Gasteiger partial charge in [-0.15, -0.1) is 0 Å². The van der Waals surface area contributed by atoms with Crippen LogP contribution in [0.1, 0.15) is 17.5 Å². The van der Waals surface area contributed by atoms with Crippen LogP contribution in [0.5, 0.6) is 0 Å². The molecule has 0 atom stereocenters. The van der Waals surface area contributed by atoms with Crippen LogP contribution < -0.4 is 0 Å². The van der Waals surface area contributed by atoms with Gasteiger partial charge in [0.1, 0.15) is 6.29 Å². The van der Waals surface area contributed by atoms with Crippen molar-refractivity contribution in [3.05, 3.63) is 41.5 Å². The molecule has 0 amide bonds. The molecule has 0 aliphatic carbocycles. The van der Waals surface area contributed by atoms with Crippen molar-refractivity contribution in [2.24, 2.45) is 0 Å². The average Bonchev–Trinajstić information content (AvgIpc) is 2.17. The number of halogens is 3. The van der Waals surface area contributed by atoms with Crippen LogP contribution in [-0.2, 0) is 11.0 Å². The molecule has 0 radical (unpaired) electrons. The Kier molecular flexibility index (Phi) is 3.66. The van der Waals surface area contributed by atoms with E-state index in [0.29, 0.717) is 6.29 Å². The Balaban J connectivity index is 3.02. The number of aldehydes is 1. The molecule has 1 aromatic carbocycles. The molecule has 80 valence electrons. The summed E-state index contributed by atoms with van der Waals surface area (Å²) in [5, 5.41) is 0. The van der Waals surface area contributed by atoms with Gasteiger partial charge >= 0.3 is 6.18 Å². The number of rotatable bonds is 3. The second-order valence-electron chi connectivity index (χ2n) is 2.89. The van der Waals surface area contributed by atoms with Crippen LogP contribution in [-0.4, -0.2) is 6.29 Å². The van der Waals surface area contributed by atoms with Crippen LogP contribution in [0.15, 0.2) is 30.3 Å². The molecule has 0 spiro atoms. The van der Waals surface area contributed by atoms with E-state index in [0.717, 1.165) is 6.07 Å². The standard InChI is InChI=1S/C11H9F3O/c12-11(13,14)10-7-2-1-5-9(10)6-3-4-8-15/h1-3,5-8H,4H2. The smallest absolute Gasteiger partial charge is 0.303 e. The number of carbonyl (C=O) groups is 1. The largest absolute Gasteiger partial charge is 0.416 e. The normalized spacial score (nSPS) is 11.9. The number of hydrogen-bond acceptors (Lipinski definition) is 1. The fraction of sp³-hybridized carbons (Fsp3) is 0.182. The Hall–Kier alpha value is -1.58. The van der Waals surface area contributed by atoms with Gasteiger partial charge < -0.3 is 4.79 Å². The third-order valence-electron chi connectivity index (χ3n) is 1.80. The van der Waals surface area contributed by atoms with Crippen molar-refractivity contribution >= 4 is 12.4 Å². The Bertz CT molecular complexity index is 366. The Labute approximate surface area is 85.2 Å². The first-order chi connectivity index (χ1) is 7.05. The van der Waals surface area contributed by atoms with Gasteiger partial charge in [-0.25, -0.2) is 0 Å². The summed E-state index contributed by atoms with van der Waals surface area (Å²) in [6.45, 7) is 0. The van der Waals surface area contributed by atoms with Crippen LogP contribution >= 0.6 is 0 Å². The van der Waals surface area contributed by atoms with Crippen molar-refractivity contribution in [3.8, 4) is 0 Å². The van der Waals surface area contributed by atoms with Gasteiger partial charge in [0.05, 0.1) is 5.56 Å². The first-order valence-electron chi connectivity index (χ1n) is 4.32. The van der Waals surface area contributed by atoms with E-state index in [9.17, 15) is 18.0 Å². The van der Waals surface area contributed by atoms with Crippen LogP contribution in [0.3, 0.4) is 0 Å². The summed E-state index contributed by atoms with van der Waals surface area (Å²) in [6.07, 6.45) is -0.907. The third kappa shape index (κ3) is 3.23. The molecule has 4 heteroatoms. The van der Waals surface area contributed by atoms with E-state index in [1.54, 1.807) is 0 Å². The molecule has 15 heavy (non-hydrogen) atoms. The van der Waals surface area contributed by atoms with Gasteiger partial charge in [-0.2, -0.15) is 13.2 Å². The number of hydrogen-bond donors (Lipinski definition) is 0. The molecule has 1 nitrogen and oxygen atoms in total. The molecule has 0 saturated heterocycles. The molecule has 0 heterocycles. The highest BCUT2D eigenvalue weighted by Gasteiger charge is 2.32. The summed E-state index contributed by atoms with van der Waals surface area (Å²) in [5.74, 6) is 0. The second kappa shape index (κ2) is 4.77. The minimum Gasteiger partial charge on any atom is -0.303 e. The maximum absolute atomic E-state index is 12.5. The Morgan fingerprint density at radius 1 is 1.20 bits per heavy atom. The van der Waals surface area contributed by atoms with Crippen LogP contribution in [0.2, 0.25) is 0 Å². The summed E-state index contributed by atoms with van der Waals surface area (Å²) >= 11 is 0. The van der Waals surface area contributed by atoms with Crippen molar-refractivity contribution < 1.29 is 18.0 Å². The topological polar surface area (TPSA) is 17.1 Å². The van der Waals surface area contributed by atoms with Gasteiger partial charge in [-0.05, 0) is 11.6 Å². The molecule has 0 unspecified atom stereocenters. The number of carbonyl (C=O) groups excluding carboxylic acids is 1. The minimum atomic E-state index is -4.36. The molecule has 0 saturated carbocycles. The second-order valence-corrected chi connectivity index (χ2v) is 2.89. The zero-order chi connectivity index (χ0) is 11.3. The molecule has 0 aliphatic rings. The van der Waals surface area contributed by atoms with E-state index in [4.69, 9.17) is 0 Å². The molecule has 0 bridgehead atoms. The molecular weight excluding hydrogens is 205 g/mol. The quantitative estimate of drug-likeness (QED) is 0.705. The Morgan fingerprint density at radius 3 is 2.47 bits per heavy atom. The molecule has 0 fully saturated rings. The van der Waals surface area contributed by atoms with Crippen molar-refractivity contribution in [1.29, 1.82) is 0 Å². The zero-order valence-corrected chi connectivity index (χ0v) is 7.79. The molecule has 1 aromatic rings. The summed E-state index contributed by atoms with van der Waals surface area (Å²) in [6, 6.07) is 5.24. The van der Waals surface area contributed by atoms with E-state index < -0.39 is 11.7 Å². The van der Waals surface area contributed by atoms with Gasteiger partial charge in [-0.3, -0.25) is 0 Å². The SMILES string of the molecule is O=CCC=Cc1ccccc1C(F)(F)F. The van der Waals surface area contributed by atoms with Gasteiger partial charge in [0, 0.05) is 6.42 Å². The van der Waals surface area contributed by atoms with Crippen LogP contribution in [0.4, 0.5) is 13.2 Å². The van der Waals surface area contributed by atoms with Crippen molar-refractivity contribution in [1.82, 2.24) is 0 Å². The third-order valence-corrected chi connectivity index (χ3v) is 1.80. The summed E-state index contributed by atoms with van der Waals surface area (Å²) in [7, 11) is 0. The van der Waals surface area contributed by atoms with Gasteiger partial charge in [0.25, 0.3) is 0 Å². The van der Waals surface area contributed by atoms with Crippen LogP contribution in [0.25, 0.3) is 6.08 Å². The first kappa shape index (κ1) is 11.5. The molecule has 0 aliphatic heterocycles. The molecule has 0 aromatic heterocycles. The number of allylic oxidation sites excluding steroid dienone is 1. The van der Waals surface area contributed by atoms with E-state index >= 15 is 0 Å². The first-order valence-corrected chi connectivity index (χ1v) is 4.32. The average molecular weight is 214 g/mol. The van der Waals surface area contributed by atoms with Crippen molar-refractivity contribution in [2.75, 3.05) is 0 Å². The van der Waals surface area contributed by atoms with Crippen molar-refractivity contribution in [2.45, 2.75) is 12.6 Å². The maximum atomic E-state index is 12.5. The van der Waals surface area contributed by atoms with Gasteiger partial charge in [-0.1, -0.05) is 30.4 Å². The van der Waals surface area contributed by atoms with Gasteiger partial charge in [0.2, 0.25) is 0 Å². The summed E-state index contributed by atoms with van der Waals surface area (Å²) < 4.78 is 37.4. The maximum Gasteiger partial charge on any atom is 0.416 e. The van der Waals surface area contributed by atoms with E-state index in [1.165, 1.54) is 30.4 Å². The lowest BCUT2D eigenvalue weighted by molar-refractivity contribution is -0.137. The fourth-order valence-corrected chi connectivity index (χ4v) is 1.15. The number of alkyl halides is 3. The van der Waals surface area contributed by atoms with E-state index in [1.807, 2.05) is 0 Å². The number of benzene rings is 1. The van der Waals surface area contributed by atoms with E-state index in [-0.39, 0.29) is 12.0 Å². The zero-order valence-electron chi connectivity index (χ0n) is 7.79. The van der Waals surface area contributed by atoms with Crippen molar-refractivity contribution in [3.63, 3.8) is 0 Å². The highest BCUT2D eigenvalue weighted by Crippen LogP contribution is 2.32. The highest BCUT2D eigenvalue weighted by molar-refractivity contribution is 5.60.